The molecule has 2 unspecified atom stereocenters. The summed E-state index contributed by atoms with van der Waals surface area (Å²) in [6.07, 6.45) is 5.57. The van der Waals surface area contributed by atoms with Crippen molar-refractivity contribution >= 4 is 23.6 Å². The molecule has 3 fully saturated rings. The van der Waals surface area contributed by atoms with Crippen LogP contribution < -0.4 is 14.4 Å². The molecule has 0 spiro atoms. The Morgan fingerprint density at radius 3 is 2.19 bits per heavy atom. The minimum atomic E-state index is -0.204. The van der Waals surface area contributed by atoms with Gasteiger partial charge >= 0.3 is 0 Å². The van der Waals surface area contributed by atoms with E-state index >= 15 is 0 Å². The number of morpholine rings is 1. The van der Waals surface area contributed by atoms with Crippen molar-refractivity contribution in [2.45, 2.75) is 37.8 Å². The second-order valence-electron chi connectivity index (χ2n) is 9.79. The largest absolute Gasteiger partial charge is 0.497 e. The Balaban J connectivity index is 1.26. The maximum atomic E-state index is 13.5. The van der Waals surface area contributed by atoms with Crippen molar-refractivity contribution in [1.29, 1.82) is 0 Å². The van der Waals surface area contributed by atoms with Gasteiger partial charge < -0.3 is 28.9 Å². The zero-order valence-corrected chi connectivity index (χ0v) is 21.6. The number of carbonyl (C=O) groups excluding carboxylic acids is 2. The van der Waals surface area contributed by atoms with Crippen LogP contribution in [0.15, 0.2) is 54.3 Å². The van der Waals surface area contributed by atoms with Gasteiger partial charge in [-0.15, -0.1) is 0 Å². The number of piperazine rings is 1. The Morgan fingerprint density at radius 1 is 0.919 bits per heavy atom. The summed E-state index contributed by atoms with van der Waals surface area (Å²) in [5.74, 6) is 1.69. The highest BCUT2D eigenvalue weighted by atomic mass is 16.5. The lowest BCUT2D eigenvalue weighted by molar-refractivity contribution is -0.154. The first-order chi connectivity index (χ1) is 18.1. The van der Waals surface area contributed by atoms with Crippen molar-refractivity contribution in [2.24, 2.45) is 0 Å². The van der Waals surface area contributed by atoms with Crippen molar-refractivity contribution in [3.63, 3.8) is 0 Å². The summed E-state index contributed by atoms with van der Waals surface area (Å²) in [6.45, 7) is 2.86. The van der Waals surface area contributed by atoms with E-state index in [0.717, 1.165) is 61.5 Å². The van der Waals surface area contributed by atoms with Gasteiger partial charge in [0.05, 0.1) is 20.3 Å². The number of anilines is 1. The first kappa shape index (κ1) is 25.0. The molecular weight excluding hydrogens is 470 g/mol. The number of rotatable bonds is 6. The lowest BCUT2D eigenvalue weighted by Gasteiger charge is -2.45. The van der Waals surface area contributed by atoms with Crippen LogP contribution in [0, 0.1) is 0 Å². The van der Waals surface area contributed by atoms with E-state index in [-0.39, 0.29) is 30.5 Å². The Labute approximate surface area is 218 Å². The van der Waals surface area contributed by atoms with E-state index in [0.29, 0.717) is 18.8 Å². The number of amides is 2. The number of fused-ring (bicyclic) bond motifs is 1. The number of carbonyl (C=O) groups is 2. The first-order valence-corrected chi connectivity index (χ1v) is 13.1. The first-order valence-electron chi connectivity index (χ1n) is 13.1. The monoisotopic (exact) mass is 505 g/mol. The van der Waals surface area contributed by atoms with E-state index in [1.54, 1.807) is 25.2 Å². The average molecular weight is 506 g/mol. The van der Waals surface area contributed by atoms with Crippen LogP contribution in [-0.2, 0) is 14.3 Å². The number of hydrogen-bond acceptors (Lipinski definition) is 6. The topological polar surface area (TPSA) is 71.6 Å². The minimum absolute atomic E-state index is 0.00208. The van der Waals surface area contributed by atoms with Gasteiger partial charge in [-0.2, -0.15) is 0 Å². The van der Waals surface area contributed by atoms with Crippen LogP contribution in [0.3, 0.4) is 0 Å². The number of hydrogen-bond donors (Lipinski definition) is 0. The normalized spacial score (nSPS) is 22.9. The molecule has 2 amide bonds. The fourth-order valence-electron chi connectivity index (χ4n) is 5.47. The van der Waals surface area contributed by atoms with E-state index in [1.165, 1.54) is 0 Å². The Morgan fingerprint density at radius 2 is 1.54 bits per heavy atom. The lowest BCUT2D eigenvalue weighted by Crippen LogP contribution is -2.58. The zero-order valence-electron chi connectivity index (χ0n) is 21.6. The van der Waals surface area contributed by atoms with Crippen LogP contribution in [-0.4, -0.2) is 80.7 Å². The predicted molar refractivity (Wildman–Crippen MR) is 142 cm³/mol. The third kappa shape index (κ3) is 5.53. The quantitative estimate of drug-likeness (QED) is 0.559. The highest BCUT2D eigenvalue weighted by Crippen LogP contribution is 2.33. The molecule has 5 rings (SSSR count). The SMILES string of the molecule is COc1ccc(/C=C2\OC3CCCCC3N(CC(=O)N3CCN(c4ccc(OC)cc4)CC3)C2=O)cc1. The third-order valence-electron chi connectivity index (χ3n) is 7.61. The fourth-order valence-corrected chi connectivity index (χ4v) is 5.47. The maximum absolute atomic E-state index is 13.5. The van der Waals surface area contributed by atoms with Crippen LogP contribution in [0.25, 0.3) is 6.08 Å². The molecule has 3 aliphatic rings. The predicted octanol–water partition coefficient (Wildman–Crippen LogP) is 3.56. The van der Waals surface area contributed by atoms with Gasteiger partial charge in [0.15, 0.2) is 5.76 Å². The molecule has 2 aromatic carbocycles. The summed E-state index contributed by atoms with van der Waals surface area (Å²) in [5, 5.41) is 0. The standard InChI is InChI=1S/C29H35N3O5/c1-35-23-11-7-21(8-12-23)19-27-29(34)32(25-5-3-4-6-26(25)37-27)20-28(33)31-17-15-30(16-18-31)22-9-13-24(36-2)14-10-22/h7-14,19,25-26H,3-6,15-18,20H2,1-2H3/b27-19-. The average Bonchev–Trinajstić information content (AvgIpc) is 2.95. The molecule has 0 radical (unpaired) electrons. The van der Waals surface area contributed by atoms with Crippen molar-refractivity contribution in [3.8, 4) is 11.5 Å². The lowest BCUT2D eigenvalue weighted by atomic mass is 9.89. The van der Waals surface area contributed by atoms with E-state index < -0.39 is 0 Å². The number of nitrogens with zero attached hydrogens (tertiary/aromatic N) is 3. The zero-order chi connectivity index (χ0) is 25.8. The summed E-state index contributed by atoms with van der Waals surface area (Å²) in [6, 6.07) is 15.4. The molecule has 0 N–H and O–H groups in total. The third-order valence-corrected chi connectivity index (χ3v) is 7.61. The Bertz CT molecular complexity index is 1120. The summed E-state index contributed by atoms with van der Waals surface area (Å²) in [7, 11) is 3.28. The second-order valence-corrected chi connectivity index (χ2v) is 9.79. The molecule has 2 saturated heterocycles. The summed E-state index contributed by atoms with van der Waals surface area (Å²) in [5.41, 5.74) is 1.98. The van der Waals surface area contributed by atoms with Gasteiger partial charge in [0, 0.05) is 31.9 Å². The van der Waals surface area contributed by atoms with Gasteiger partial charge in [-0.25, -0.2) is 0 Å². The highest BCUT2D eigenvalue weighted by molar-refractivity contribution is 5.98. The van der Waals surface area contributed by atoms with Gasteiger partial charge in [0.1, 0.15) is 24.1 Å². The van der Waals surface area contributed by atoms with E-state index in [1.807, 2.05) is 53.4 Å². The van der Waals surface area contributed by atoms with Crippen molar-refractivity contribution in [1.82, 2.24) is 9.80 Å². The van der Waals surface area contributed by atoms with Crippen LogP contribution in [0.2, 0.25) is 0 Å². The van der Waals surface area contributed by atoms with Crippen molar-refractivity contribution in [3.05, 3.63) is 59.9 Å². The highest BCUT2D eigenvalue weighted by Gasteiger charge is 2.42. The van der Waals surface area contributed by atoms with Crippen LogP contribution in [0.1, 0.15) is 31.2 Å². The molecule has 0 aromatic heterocycles. The summed E-state index contributed by atoms with van der Waals surface area (Å²) >= 11 is 0. The van der Waals surface area contributed by atoms with Gasteiger partial charge in [0.25, 0.3) is 5.91 Å². The molecule has 2 aliphatic heterocycles. The second kappa shape index (κ2) is 11.2. The van der Waals surface area contributed by atoms with Crippen LogP contribution in [0.4, 0.5) is 5.69 Å². The Kier molecular flexibility index (Phi) is 7.53. The molecular formula is C29H35N3O5. The van der Waals surface area contributed by atoms with Crippen molar-refractivity contribution < 1.29 is 23.8 Å². The molecule has 8 heteroatoms. The van der Waals surface area contributed by atoms with Crippen LogP contribution >= 0.6 is 0 Å². The minimum Gasteiger partial charge on any atom is -0.497 e. The Hall–Kier alpha value is -3.68. The maximum Gasteiger partial charge on any atom is 0.289 e. The molecule has 0 bridgehead atoms. The molecule has 37 heavy (non-hydrogen) atoms. The van der Waals surface area contributed by atoms with Gasteiger partial charge in [-0.3, -0.25) is 9.59 Å². The molecule has 2 atom stereocenters. The fraction of sp³-hybridized carbons (Fsp3) is 0.448. The van der Waals surface area contributed by atoms with E-state index in [9.17, 15) is 9.59 Å². The van der Waals surface area contributed by atoms with E-state index in [4.69, 9.17) is 14.2 Å². The molecule has 1 saturated carbocycles. The molecule has 8 nitrogen and oxygen atoms in total. The van der Waals surface area contributed by atoms with Gasteiger partial charge in [-0.1, -0.05) is 18.6 Å². The molecule has 2 heterocycles. The number of ether oxygens (including phenoxy) is 3. The van der Waals surface area contributed by atoms with Crippen molar-refractivity contribution in [2.75, 3.05) is 51.8 Å². The number of methoxy groups -OCH3 is 2. The smallest absolute Gasteiger partial charge is 0.289 e. The molecule has 196 valence electrons. The van der Waals surface area contributed by atoms with Crippen LogP contribution in [0.5, 0.6) is 11.5 Å². The molecule has 1 aliphatic carbocycles. The molecule has 2 aromatic rings. The van der Waals surface area contributed by atoms with E-state index in [2.05, 4.69) is 4.90 Å². The summed E-state index contributed by atoms with van der Waals surface area (Å²) < 4.78 is 16.7. The number of benzene rings is 2. The van der Waals surface area contributed by atoms with Gasteiger partial charge in [0.2, 0.25) is 5.91 Å². The summed E-state index contributed by atoms with van der Waals surface area (Å²) in [4.78, 5) is 32.8. The van der Waals surface area contributed by atoms with Gasteiger partial charge in [-0.05, 0) is 67.3 Å².